The quantitative estimate of drug-likeness (QED) is 0.820. The lowest BCUT2D eigenvalue weighted by Gasteiger charge is -2.14. The van der Waals surface area contributed by atoms with E-state index in [9.17, 15) is 4.79 Å². The van der Waals surface area contributed by atoms with E-state index < -0.39 is 0 Å². The summed E-state index contributed by atoms with van der Waals surface area (Å²) < 4.78 is 6.54. The second-order valence-electron chi connectivity index (χ2n) is 5.43. The molecular weight excluding hydrogens is 349 g/mol. The van der Waals surface area contributed by atoms with E-state index in [-0.39, 0.29) is 10.6 Å². The summed E-state index contributed by atoms with van der Waals surface area (Å²) in [4.78, 5) is 12.4. The number of hydrogen-bond acceptors (Lipinski definition) is 4. The van der Waals surface area contributed by atoms with Crippen molar-refractivity contribution in [3.05, 3.63) is 62.5 Å². The highest BCUT2D eigenvalue weighted by Gasteiger charge is 2.11. The number of halogens is 2. The largest absolute Gasteiger partial charge is 0.382 e. The molecule has 1 aliphatic rings. The zero-order valence-corrected chi connectivity index (χ0v) is 14.5. The molecule has 2 heterocycles. The fraction of sp³-hybridized carbons (Fsp3) is 0.294. The van der Waals surface area contributed by atoms with Gasteiger partial charge in [0.25, 0.3) is 5.56 Å². The Labute approximate surface area is 149 Å². The van der Waals surface area contributed by atoms with Gasteiger partial charge in [-0.1, -0.05) is 34.9 Å². The molecule has 0 radical (unpaired) electrons. The van der Waals surface area contributed by atoms with Crippen LogP contribution < -0.4 is 10.9 Å². The smallest absolute Gasteiger partial charge is 0.292 e. The Hall–Kier alpha value is -1.82. The third-order valence-electron chi connectivity index (χ3n) is 3.81. The number of hydrogen-bond donors (Lipinski definition) is 1. The van der Waals surface area contributed by atoms with Crippen LogP contribution in [0, 0.1) is 0 Å². The highest BCUT2D eigenvalue weighted by atomic mass is 35.5. The maximum absolute atomic E-state index is 12.4. The third-order valence-corrected chi connectivity index (χ3v) is 4.43. The van der Waals surface area contributed by atoms with Crippen molar-refractivity contribution in [2.24, 2.45) is 0 Å². The van der Waals surface area contributed by atoms with Crippen LogP contribution in [0.2, 0.25) is 10.0 Å². The summed E-state index contributed by atoms with van der Waals surface area (Å²) in [6, 6.07) is 6.84. The minimum atomic E-state index is -0.366. The molecule has 0 amide bonds. The van der Waals surface area contributed by atoms with Gasteiger partial charge in [0.05, 0.1) is 30.8 Å². The zero-order chi connectivity index (χ0) is 16.9. The maximum atomic E-state index is 12.4. The van der Waals surface area contributed by atoms with Crippen molar-refractivity contribution in [2.75, 3.05) is 25.1 Å². The first-order chi connectivity index (χ1) is 11.6. The maximum Gasteiger partial charge on any atom is 0.292 e. The van der Waals surface area contributed by atoms with Crippen molar-refractivity contribution in [1.29, 1.82) is 0 Å². The van der Waals surface area contributed by atoms with E-state index in [2.05, 4.69) is 16.5 Å². The molecule has 1 N–H and O–H groups in total. The number of anilines is 1. The van der Waals surface area contributed by atoms with Crippen LogP contribution in [-0.4, -0.2) is 29.5 Å². The van der Waals surface area contributed by atoms with Gasteiger partial charge in [-0.05, 0) is 37.1 Å². The van der Waals surface area contributed by atoms with Gasteiger partial charge in [0, 0.05) is 11.6 Å². The van der Waals surface area contributed by atoms with Crippen LogP contribution in [0.4, 0.5) is 5.69 Å². The summed E-state index contributed by atoms with van der Waals surface area (Å²) in [7, 11) is 0. The van der Waals surface area contributed by atoms with E-state index in [4.69, 9.17) is 27.9 Å². The summed E-state index contributed by atoms with van der Waals surface area (Å²) in [6.07, 6.45) is 5.51. The van der Waals surface area contributed by atoms with E-state index in [1.807, 2.05) is 0 Å². The Balaban J connectivity index is 1.71. The van der Waals surface area contributed by atoms with Crippen LogP contribution in [0.25, 0.3) is 5.69 Å². The van der Waals surface area contributed by atoms with Gasteiger partial charge in [-0.2, -0.15) is 9.78 Å². The average Bonchev–Trinajstić information content (AvgIpc) is 2.61. The summed E-state index contributed by atoms with van der Waals surface area (Å²) in [5, 5.41) is 8.08. The van der Waals surface area contributed by atoms with E-state index in [0.29, 0.717) is 29.5 Å². The number of benzene rings is 1. The SMILES string of the molecule is O=c1c(Cl)c(NCCC2=CCOCC2)cnn1-c1ccc(Cl)cc1. The molecule has 0 saturated carbocycles. The molecule has 1 aliphatic heterocycles. The molecule has 0 saturated heterocycles. The number of nitrogens with one attached hydrogen (secondary N) is 1. The molecule has 5 nitrogen and oxygen atoms in total. The topological polar surface area (TPSA) is 56.1 Å². The molecule has 1 aromatic carbocycles. The fourth-order valence-corrected chi connectivity index (χ4v) is 2.79. The van der Waals surface area contributed by atoms with E-state index in [1.165, 1.54) is 10.3 Å². The molecule has 0 spiro atoms. The molecule has 0 unspecified atom stereocenters. The normalized spacial score (nSPS) is 14.3. The Kier molecular flexibility index (Phi) is 5.56. The first-order valence-electron chi connectivity index (χ1n) is 7.68. The predicted octanol–water partition coefficient (Wildman–Crippen LogP) is 3.69. The van der Waals surface area contributed by atoms with Crippen LogP contribution in [0.3, 0.4) is 0 Å². The highest BCUT2D eigenvalue weighted by Crippen LogP contribution is 2.19. The second kappa shape index (κ2) is 7.83. The van der Waals surface area contributed by atoms with Crippen molar-refractivity contribution < 1.29 is 4.74 Å². The van der Waals surface area contributed by atoms with Crippen molar-refractivity contribution in [3.8, 4) is 5.69 Å². The Morgan fingerprint density at radius 3 is 2.75 bits per heavy atom. The molecule has 3 rings (SSSR count). The van der Waals surface area contributed by atoms with Gasteiger partial charge in [0.1, 0.15) is 5.02 Å². The summed E-state index contributed by atoms with van der Waals surface area (Å²) >= 11 is 12.1. The van der Waals surface area contributed by atoms with Gasteiger partial charge < -0.3 is 10.1 Å². The zero-order valence-electron chi connectivity index (χ0n) is 13.0. The molecule has 0 aliphatic carbocycles. The van der Waals surface area contributed by atoms with Crippen molar-refractivity contribution >= 4 is 28.9 Å². The second-order valence-corrected chi connectivity index (χ2v) is 6.24. The summed E-state index contributed by atoms with van der Waals surface area (Å²) in [5.74, 6) is 0. The third kappa shape index (κ3) is 3.98. The van der Waals surface area contributed by atoms with Crippen LogP contribution in [0.1, 0.15) is 12.8 Å². The summed E-state index contributed by atoms with van der Waals surface area (Å²) in [6.45, 7) is 2.14. The van der Waals surface area contributed by atoms with Gasteiger partial charge in [-0.3, -0.25) is 4.79 Å². The molecule has 0 bridgehead atoms. The Morgan fingerprint density at radius 2 is 2.04 bits per heavy atom. The Bertz CT molecular complexity index is 800. The van der Waals surface area contributed by atoms with E-state index in [1.54, 1.807) is 30.5 Å². The molecule has 7 heteroatoms. The predicted molar refractivity (Wildman–Crippen MR) is 96.5 cm³/mol. The van der Waals surface area contributed by atoms with Gasteiger partial charge in [0.15, 0.2) is 0 Å². The monoisotopic (exact) mass is 365 g/mol. The van der Waals surface area contributed by atoms with Crippen LogP contribution in [0.5, 0.6) is 0 Å². The first-order valence-corrected chi connectivity index (χ1v) is 8.44. The molecule has 0 fully saturated rings. The minimum Gasteiger partial charge on any atom is -0.382 e. The molecule has 1 aromatic heterocycles. The molecule has 126 valence electrons. The Morgan fingerprint density at radius 1 is 1.25 bits per heavy atom. The first kappa shape index (κ1) is 17.0. The standard InChI is InChI=1S/C17H17Cl2N3O2/c18-13-1-3-14(4-2-13)22-17(23)16(19)15(11-21-22)20-8-5-12-6-9-24-10-7-12/h1-4,6,11,20H,5,7-10H2. The fourth-order valence-electron chi connectivity index (χ4n) is 2.47. The lowest BCUT2D eigenvalue weighted by Crippen LogP contribution is -2.23. The lowest BCUT2D eigenvalue weighted by atomic mass is 10.1. The summed E-state index contributed by atoms with van der Waals surface area (Å²) in [5.41, 5.74) is 2.14. The number of ether oxygens (including phenoxy) is 1. The lowest BCUT2D eigenvalue weighted by molar-refractivity contribution is 0.153. The van der Waals surface area contributed by atoms with Crippen molar-refractivity contribution in [2.45, 2.75) is 12.8 Å². The van der Waals surface area contributed by atoms with Gasteiger partial charge >= 0.3 is 0 Å². The van der Waals surface area contributed by atoms with Gasteiger partial charge in [-0.25, -0.2) is 0 Å². The molecule has 0 atom stereocenters. The van der Waals surface area contributed by atoms with Gasteiger partial charge in [-0.15, -0.1) is 0 Å². The van der Waals surface area contributed by atoms with Crippen LogP contribution in [-0.2, 0) is 4.74 Å². The van der Waals surface area contributed by atoms with Crippen molar-refractivity contribution in [1.82, 2.24) is 9.78 Å². The highest BCUT2D eigenvalue weighted by molar-refractivity contribution is 6.33. The molecule has 2 aromatic rings. The number of nitrogens with zero attached hydrogens (tertiary/aromatic N) is 2. The van der Waals surface area contributed by atoms with Crippen LogP contribution in [0.15, 0.2) is 46.9 Å². The van der Waals surface area contributed by atoms with E-state index in [0.717, 1.165) is 19.4 Å². The minimum absolute atomic E-state index is 0.126. The number of aromatic nitrogens is 2. The van der Waals surface area contributed by atoms with Gasteiger partial charge in [0.2, 0.25) is 0 Å². The van der Waals surface area contributed by atoms with Crippen molar-refractivity contribution in [3.63, 3.8) is 0 Å². The van der Waals surface area contributed by atoms with E-state index >= 15 is 0 Å². The molecule has 24 heavy (non-hydrogen) atoms. The average molecular weight is 366 g/mol. The molecular formula is C17H17Cl2N3O2. The number of rotatable bonds is 5. The van der Waals surface area contributed by atoms with Crippen LogP contribution >= 0.6 is 23.2 Å².